The lowest BCUT2D eigenvalue weighted by molar-refractivity contribution is -0.139. The lowest BCUT2D eigenvalue weighted by Crippen LogP contribution is -2.41. The maximum atomic E-state index is 12.1. The Morgan fingerprint density at radius 3 is 2.34 bits per heavy atom. The van der Waals surface area contributed by atoms with Gasteiger partial charge in [0.15, 0.2) is 12.4 Å². The highest BCUT2D eigenvalue weighted by atomic mass is 16.5. The fourth-order valence-corrected chi connectivity index (χ4v) is 2.76. The third kappa shape index (κ3) is 5.90. The monoisotopic (exact) mass is 441 g/mol. The number of hydrogen-bond acceptors (Lipinski definition) is 6. The van der Waals surface area contributed by atoms with Gasteiger partial charge in [-0.3, -0.25) is 9.78 Å². The zero-order valence-corrected chi connectivity index (χ0v) is 18.5. The molecule has 0 aliphatic carbocycles. The molecular weight excluding hydrogens is 414 g/mol. The van der Waals surface area contributed by atoms with Crippen LogP contribution in [0.3, 0.4) is 0 Å². The number of aliphatic imine (C=N–C) groups is 1. The highest BCUT2D eigenvalue weighted by molar-refractivity contribution is 6.17. The van der Waals surface area contributed by atoms with Crippen LogP contribution in [0.4, 0.5) is 0 Å². The summed E-state index contributed by atoms with van der Waals surface area (Å²) in [5.41, 5.74) is 0.197. The Labute approximate surface area is 186 Å². The number of carbonyl (C=O) groups excluding carboxylic acids is 1. The molecule has 0 bridgehead atoms. The number of aromatic carboxylic acids is 1. The number of ether oxygens (including phenoxy) is 1. The second-order valence-electron chi connectivity index (χ2n) is 7.61. The Balaban J connectivity index is 0.000000278. The summed E-state index contributed by atoms with van der Waals surface area (Å²) >= 11 is 0. The van der Waals surface area contributed by atoms with Gasteiger partial charge in [0.1, 0.15) is 17.0 Å². The van der Waals surface area contributed by atoms with Crippen molar-refractivity contribution in [2.75, 3.05) is 6.61 Å². The van der Waals surface area contributed by atoms with E-state index in [2.05, 4.69) is 15.3 Å². The van der Waals surface area contributed by atoms with E-state index >= 15 is 0 Å². The molecule has 1 unspecified atom stereocenters. The van der Waals surface area contributed by atoms with E-state index in [1.165, 1.54) is 0 Å². The number of carboxylic acid groups (broad SMARTS) is 2. The fourth-order valence-electron chi connectivity index (χ4n) is 2.76. The first-order valence-electron chi connectivity index (χ1n) is 10.1. The number of benzene rings is 1. The summed E-state index contributed by atoms with van der Waals surface area (Å²) in [5, 5.41) is 20.3. The molecule has 2 heterocycles. The van der Waals surface area contributed by atoms with E-state index < -0.39 is 17.5 Å². The van der Waals surface area contributed by atoms with E-state index in [0.717, 1.165) is 5.56 Å². The molecule has 32 heavy (non-hydrogen) atoms. The Morgan fingerprint density at radius 1 is 1.19 bits per heavy atom. The largest absolute Gasteiger partial charge is 0.482 e. The van der Waals surface area contributed by atoms with Crippen LogP contribution in [0.25, 0.3) is 0 Å². The summed E-state index contributed by atoms with van der Waals surface area (Å²) in [6.07, 6.45) is 2.30. The van der Waals surface area contributed by atoms with Gasteiger partial charge in [-0.25, -0.2) is 14.6 Å². The normalized spacial score (nSPS) is 17.2. The highest BCUT2D eigenvalue weighted by Crippen LogP contribution is 2.27. The van der Waals surface area contributed by atoms with Crippen molar-refractivity contribution < 1.29 is 29.3 Å². The van der Waals surface area contributed by atoms with Crippen LogP contribution in [0, 0.1) is 5.92 Å². The van der Waals surface area contributed by atoms with Crippen LogP contribution in [-0.2, 0) is 16.0 Å². The first kappa shape index (κ1) is 24.5. The molecule has 3 rings (SSSR count). The third-order valence-corrected chi connectivity index (χ3v) is 5.07. The molecule has 0 fully saturated rings. The standard InChI is InChI=1S/C15H19N3O3.C8H8O3/c1-5-9-6-10(13(19)20)11(16-7-9)12-17-14(21)15(4,18-12)8(2)3;9-8(10)6-11-7-4-2-1-3-5-7/h6-8H,5H2,1-4H3,(H,19,20)(H,17,18,21);1-5H,6H2,(H,9,10). The number of aromatic nitrogens is 1. The topological polar surface area (TPSA) is 138 Å². The summed E-state index contributed by atoms with van der Waals surface area (Å²) < 4.78 is 4.87. The van der Waals surface area contributed by atoms with E-state index in [0.29, 0.717) is 12.2 Å². The van der Waals surface area contributed by atoms with E-state index in [-0.39, 0.29) is 35.5 Å². The molecule has 170 valence electrons. The van der Waals surface area contributed by atoms with Crippen molar-refractivity contribution >= 4 is 23.7 Å². The van der Waals surface area contributed by atoms with Crippen LogP contribution in [0.15, 0.2) is 47.6 Å². The fraction of sp³-hybridized carbons (Fsp3) is 0.348. The number of nitrogens with one attached hydrogen (secondary N) is 1. The minimum Gasteiger partial charge on any atom is -0.482 e. The zero-order chi connectivity index (χ0) is 23.9. The van der Waals surface area contributed by atoms with E-state index in [1.807, 2.05) is 26.8 Å². The molecule has 1 aromatic carbocycles. The molecule has 1 aliphatic rings. The average molecular weight is 441 g/mol. The minimum atomic E-state index is -1.08. The van der Waals surface area contributed by atoms with Gasteiger partial charge in [0.05, 0.1) is 5.56 Å². The van der Waals surface area contributed by atoms with Crippen molar-refractivity contribution in [1.82, 2.24) is 10.3 Å². The molecule has 0 spiro atoms. The van der Waals surface area contributed by atoms with Gasteiger partial charge >= 0.3 is 11.9 Å². The minimum absolute atomic E-state index is 0.00167. The average Bonchev–Trinajstić information content (AvgIpc) is 3.08. The van der Waals surface area contributed by atoms with Crippen LogP contribution in [0.2, 0.25) is 0 Å². The van der Waals surface area contributed by atoms with Gasteiger partial charge < -0.3 is 20.3 Å². The van der Waals surface area contributed by atoms with Crippen LogP contribution in [-0.4, -0.2) is 51.0 Å². The van der Waals surface area contributed by atoms with Crippen LogP contribution in [0.5, 0.6) is 5.75 Å². The maximum Gasteiger partial charge on any atom is 0.341 e. The van der Waals surface area contributed by atoms with Gasteiger partial charge in [0.25, 0.3) is 5.91 Å². The number of pyridine rings is 1. The van der Waals surface area contributed by atoms with Gasteiger partial charge in [-0.2, -0.15) is 0 Å². The number of amidine groups is 1. The van der Waals surface area contributed by atoms with Crippen molar-refractivity contribution in [3.8, 4) is 5.75 Å². The predicted molar refractivity (Wildman–Crippen MR) is 118 cm³/mol. The van der Waals surface area contributed by atoms with Crippen molar-refractivity contribution in [2.45, 2.75) is 39.7 Å². The number of hydrogen-bond donors (Lipinski definition) is 3. The van der Waals surface area contributed by atoms with Crippen molar-refractivity contribution in [1.29, 1.82) is 0 Å². The summed E-state index contributed by atoms with van der Waals surface area (Å²) in [5.74, 6) is -1.47. The van der Waals surface area contributed by atoms with Gasteiger partial charge in [-0.15, -0.1) is 0 Å². The summed E-state index contributed by atoms with van der Waals surface area (Å²) in [6, 6.07) is 10.4. The van der Waals surface area contributed by atoms with Crippen LogP contribution < -0.4 is 10.1 Å². The molecule has 2 aromatic rings. The molecule has 9 heteroatoms. The second-order valence-corrected chi connectivity index (χ2v) is 7.61. The Bertz CT molecular complexity index is 1020. The number of nitrogens with zero attached hydrogens (tertiary/aromatic N) is 2. The van der Waals surface area contributed by atoms with E-state index in [4.69, 9.17) is 9.84 Å². The molecular formula is C23H27N3O6. The molecule has 1 aromatic heterocycles. The predicted octanol–water partition coefficient (Wildman–Crippen LogP) is 2.78. The van der Waals surface area contributed by atoms with Gasteiger partial charge in [0, 0.05) is 6.20 Å². The van der Waals surface area contributed by atoms with Gasteiger partial charge in [-0.05, 0) is 43.0 Å². The molecule has 0 saturated carbocycles. The number of aliphatic carboxylic acids is 1. The maximum absolute atomic E-state index is 12.1. The number of rotatable bonds is 7. The number of aryl methyl sites for hydroxylation is 1. The number of carboxylic acids is 2. The lowest BCUT2D eigenvalue weighted by Gasteiger charge is -2.21. The highest BCUT2D eigenvalue weighted by Gasteiger charge is 2.43. The molecule has 1 aliphatic heterocycles. The van der Waals surface area contributed by atoms with Crippen LogP contribution in [0.1, 0.15) is 49.3 Å². The Kier molecular flexibility index (Phi) is 8.06. The van der Waals surface area contributed by atoms with Crippen molar-refractivity contribution in [3.05, 3.63) is 59.4 Å². The van der Waals surface area contributed by atoms with E-state index in [9.17, 15) is 19.5 Å². The lowest BCUT2D eigenvalue weighted by atomic mass is 9.89. The summed E-state index contributed by atoms with van der Waals surface area (Å²) in [7, 11) is 0. The second kappa shape index (κ2) is 10.5. The molecule has 0 saturated heterocycles. The molecule has 1 atom stereocenters. The Hall–Kier alpha value is -3.75. The number of para-hydroxylation sites is 1. The molecule has 9 nitrogen and oxygen atoms in total. The zero-order valence-electron chi connectivity index (χ0n) is 18.5. The first-order valence-corrected chi connectivity index (χ1v) is 10.1. The molecule has 3 N–H and O–H groups in total. The number of carbonyl (C=O) groups is 3. The van der Waals surface area contributed by atoms with Gasteiger partial charge in [0.2, 0.25) is 0 Å². The first-order chi connectivity index (χ1) is 15.1. The van der Waals surface area contributed by atoms with Gasteiger partial charge in [-0.1, -0.05) is 39.0 Å². The van der Waals surface area contributed by atoms with Crippen molar-refractivity contribution in [3.63, 3.8) is 0 Å². The Morgan fingerprint density at radius 2 is 1.84 bits per heavy atom. The molecule has 0 radical (unpaired) electrons. The number of amides is 1. The smallest absolute Gasteiger partial charge is 0.341 e. The quantitative estimate of drug-likeness (QED) is 0.600. The SMILES string of the molecule is CCc1cnc(C2=NC(C)(C(C)C)C(=O)N2)c(C(=O)O)c1.O=C(O)COc1ccccc1. The van der Waals surface area contributed by atoms with E-state index in [1.54, 1.807) is 43.5 Å². The van der Waals surface area contributed by atoms with Crippen molar-refractivity contribution in [2.24, 2.45) is 10.9 Å². The summed E-state index contributed by atoms with van der Waals surface area (Å²) in [6.45, 7) is 7.17. The molecule has 1 amide bonds. The summed E-state index contributed by atoms with van der Waals surface area (Å²) in [4.78, 5) is 42.2. The van der Waals surface area contributed by atoms with Crippen LogP contribution >= 0.6 is 0 Å². The third-order valence-electron chi connectivity index (χ3n) is 5.07.